The van der Waals surface area contributed by atoms with Gasteiger partial charge in [-0.2, -0.15) is 15.8 Å². The zero-order valence-corrected chi connectivity index (χ0v) is 8.38. The summed E-state index contributed by atoms with van der Waals surface area (Å²) in [7, 11) is -2.59. The average Bonchev–Trinajstić information content (AvgIpc) is 2.24. The Hall–Kier alpha value is -1.96. The predicted octanol–water partition coefficient (Wildman–Crippen LogP) is 2.60. The van der Waals surface area contributed by atoms with E-state index < -0.39 is 10.0 Å². The van der Waals surface area contributed by atoms with Crippen molar-refractivity contribution in [3.8, 4) is 16.2 Å². The molecule has 0 bridgehead atoms. The first-order valence-electron chi connectivity index (χ1n) is 3.81. The minimum atomic E-state index is -2.59. The summed E-state index contributed by atoms with van der Waals surface area (Å²) in [6, 6.07) is 6.92. The first kappa shape index (κ1) is 10.1. The van der Waals surface area contributed by atoms with E-state index in [1.807, 2.05) is 23.1 Å². The monoisotopic (exact) mass is 201 g/mol. The number of hydrogen-bond donors (Lipinski definition) is 0. The summed E-state index contributed by atoms with van der Waals surface area (Å²) in [5, 5.41) is 32.0. The predicted molar refractivity (Wildman–Crippen MR) is 53.9 cm³/mol. The Labute approximate surface area is 84.1 Å². The molecule has 1 aromatic carbocycles. The van der Waals surface area contributed by atoms with E-state index >= 15 is 0 Å². The van der Waals surface area contributed by atoms with Gasteiger partial charge in [0.05, 0.1) is 10.0 Å². The lowest BCUT2D eigenvalue weighted by Gasteiger charge is -2.13. The third-order valence-electron chi connectivity index (χ3n) is 1.79. The molecule has 0 unspecified atom stereocenters. The molecular formula is C10H7N3S. The van der Waals surface area contributed by atoms with Crippen LogP contribution in [0.25, 0.3) is 0 Å². The van der Waals surface area contributed by atoms with Crippen LogP contribution in [-0.4, -0.2) is 0 Å². The van der Waals surface area contributed by atoms with Crippen molar-refractivity contribution in [1.82, 2.24) is 0 Å². The van der Waals surface area contributed by atoms with E-state index in [-0.39, 0.29) is 0 Å². The van der Waals surface area contributed by atoms with Gasteiger partial charge in [0.25, 0.3) is 0 Å². The Balaban J connectivity index is 3.31. The Morgan fingerprint density at radius 3 is 1.71 bits per heavy atom. The van der Waals surface area contributed by atoms with Gasteiger partial charge in [0.1, 0.15) is 16.2 Å². The highest BCUT2D eigenvalue weighted by Gasteiger charge is 2.25. The molecule has 0 heterocycles. The topological polar surface area (TPSA) is 71.4 Å². The molecule has 0 aromatic heterocycles. The summed E-state index contributed by atoms with van der Waals surface area (Å²) in [5.74, 6) is 0. The van der Waals surface area contributed by atoms with E-state index in [4.69, 9.17) is 15.8 Å². The summed E-state index contributed by atoms with van der Waals surface area (Å²) < 4.78 is 0. The molecule has 1 rings (SSSR count). The fourth-order valence-electron chi connectivity index (χ4n) is 0.962. The zero-order valence-electron chi connectivity index (χ0n) is 7.56. The van der Waals surface area contributed by atoms with Gasteiger partial charge < -0.3 is 0 Å². The van der Waals surface area contributed by atoms with E-state index in [9.17, 15) is 0 Å². The molecule has 14 heavy (non-hydrogen) atoms. The number of thiocyanates is 3. The second-order valence-electron chi connectivity index (χ2n) is 2.70. The molecule has 0 aliphatic rings. The van der Waals surface area contributed by atoms with Gasteiger partial charge in [-0.1, -0.05) is 17.7 Å². The SMILES string of the molecule is Cc1ccc(S(C#N)(C#N)C#N)cc1. The molecule has 0 N–H and O–H groups in total. The van der Waals surface area contributed by atoms with E-state index in [1.165, 1.54) is 0 Å². The van der Waals surface area contributed by atoms with Gasteiger partial charge >= 0.3 is 0 Å². The summed E-state index contributed by atoms with van der Waals surface area (Å²) >= 11 is 0. The van der Waals surface area contributed by atoms with Crippen LogP contribution in [0.3, 0.4) is 0 Å². The lowest BCUT2D eigenvalue weighted by Crippen LogP contribution is -1.90. The number of benzene rings is 1. The second-order valence-corrected chi connectivity index (χ2v) is 4.94. The first-order valence-corrected chi connectivity index (χ1v) is 5.44. The zero-order chi connectivity index (χ0) is 10.6. The van der Waals surface area contributed by atoms with Gasteiger partial charge in [0.15, 0.2) is 0 Å². The molecule has 0 saturated carbocycles. The molecule has 0 amide bonds. The van der Waals surface area contributed by atoms with Crippen LogP contribution in [0, 0.1) is 38.9 Å². The number of rotatable bonds is 1. The molecule has 0 aliphatic carbocycles. The Kier molecular flexibility index (Phi) is 2.77. The van der Waals surface area contributed by atoms with Crippen LogP contribution in [0.1, 0.15) is 5.56 Å². The largest absolute Gasteiger partial charge is 0.184 e. The molecule has 0 saturated heterocycles. The smallest absolute Gasteiger partial charge is 0.145 e. The summed E-state index contributed by atoms with van der Waals surface area (Å²) in [6.45, 7) is 1.91. The highest BCUT2D eigenvalue weighted by molar-refractivity contribution is 8.44. The van der Waals surface area contributed by atoms with Crippen LogP contribution in [0.5, 0.6) is 0 Å². The summed E-state index contributed by atoms with van der Waals surface area (Å²) in [4.78, 5) is 0.510. The van der Waals surface area contributed by atoms with Gasteiger partial charge in [-0.05, 0) is 19.1 Å². The number of aryl methyl sites for hydroxylation is 1. The van der Waals surface area contributed by atoms with Gasteiger partial charge in [0.2, 0.25) is 0 Å². The van der Waals surface area contributed by atoms with E-state index in [1.54, 1.807) is 24.3 Å². The highest BCUT2D eigenvalue weighted by atomic mass is 32.3. The van der Waals surface area contributed by atoms with E-state index in [0.29, 0.717) is 4.90 Å². The van der Waals surface area contributed by atoms with Crippen LogP contribution in [0.15, 0.2) is 29.2 Å². The number of hydrogen-bond acceptors (Lipinski definition) is 3. The number of nitriles is 3. The van der Waals surface area contributed by atoms with Crippen LogP contribution in [0.4, 0.5) is 0 Å². The first-order chi connectivity index (χ1) is 6.68. The van der Waals surface area contributed by atoms with Crippen molar-refractivity contribution >= 4 is 10.0 Å². The van der Waals surface area contributed by atoms with Crippen molar-refractivity contribution in [2.45, 2.75) is 11.8 Å². The van der Waals surface area contributed by atoms with Gasteiger partial charge in [-0.15, -0.1) is 0 Å². The Morgan fingerprint density at radius 2 is 1.36 bits per heavy atom. The van der Waals surface area contributed by atoms with Crippen molar-refractivity contribution < 1.29 is 0 Å². The van der Waals surface area contributed by atoms with Crippen molar-refractivity contribution in [1.29, 1.82) is 15.8 Å². The molecule has 68 valence electrons. The molecule has 4 heteroatoms. The highest BCUT2D eigenvalue weighted by Crippen LogP contribution is 2.52. The maximum Gasteiger partial charge on any atom is 0.145 e. The molecule has 0 fully saturated rings. The quantitative estimate of drug-likeness (QED) is 0.655. The van der Waals surface area contributed by atoms with E-state index in [2.05, 4.69) is 0 Å². The Morgan fingerprint density at radius 1 is 0.929 bits per heavy atom. The Bertz CT molecular complexity index is 420. The third-order valence-corrected chi connectivity index (χ3v) is 3.59. The van der Waals surface area contributed by atoms with Crippen molar-refractivity contribution in [2.24, 2.45) is 0 Å². The van der Waals surface area contributed by atoms with Crippen molar-refractivity contribution in [3.05, 3.63) is 29.8 Å². The van der Waals surface area contributed by atoms with Gasteiger partial charge in [-0.3, -0.25) is 0 Å². The van der Waals surface area contributed by atoms with Crippen LogP contribution < -0.4 is 0 Å². The fourth-order valence-corrected chi connectivity index (χ4v) is 1.94. The molecule has 0 aliphatic heterocycles. The maximum atomic E-state index is 8.84. The summed E-state index contributed by atoms with van der Waals surface area (Å²) in [5.41, 5.74) is 1.04. The number of nitrogens with zero attached hydrogens (tertiary/aromatic N) is 3. The van der Waals surface area contributed by atoms with Crippen LogP contribution in [0.2, 0.25) is 0 Å². The second kappa shape index (κ2) is 3.83. The van der Waals surface area contributed by atoms with Gasteiger partial charge in [-0.25, -0.2) is 0 Å². The lowest BCUT2D eigenvalue weighted by atomic mass is 10.2. The van der Waals surface area contributed by atoms with Crippen molar-refractivity contribution in [3.63, 3.8) is 0 Å². The molecule has 0 radical (unpaired) electrons. The fraction of sp³-hybridized carbons (Fsp3) is 0.100. The van der Waals surface area contributed by atoms with E-state index in [0.717, 1.165) is 5.56 Å². The molecule has 0 atom stereocenters. The minimum Gasteiger partial charge on any atom is -0.184 e. The standard InChI is InChI=1S/C10H7N3S/c1-9-2-4-10(5-3-9)14(6-11,7-12)8-13/h2-5H,1H3. The lowest BCUT2D eigenvalue weighted by molar-refractivity contribution is 1.37. The normalized spacial score (nSPS) is 10.7. The molecule has 3 nitrogen and oxygen atoms in total. The van der Waals surface area contributed by atoms with Crippen LogP contribution >= 0.6 is 10.0 Å². The van der Waals surface area contributed by atoms with Crippen LogP contribution in [-0.2, 0) is 0 Å². The molecular weight excluding hydrogens is 194 g/mol. The van der Waals surface area contributed by atoms with Crippen molar-refractivity contribution in [2.75, 3.05) is 0 Å². The third kappa shape index (κ3) is 1.55. The molecule has 0 spiro atoms. The molecule has 1 aromatic rings. The minimum absolute atomic E-state index is 0.510. The average molecular weight is 201 g/mol. The summed E-state index contributed by atoms with van der Waals surface area (Å²) in [6.07, 6.45) is 0. The van der Waals surface area contributed by atoms with Gasteiger partial charge in [0, 0.05) is 4.90 Å². The maximum absolute atomic E-state index is 8.84.